The van der Waals surface area contributed by atoms with E-state index in [1.165, 1.54) is 4.31 Å². The highest BCUT2D eigenvalue weighted by Gasteiger charge is 2.60. The molecule has 2 bridgehead atoms. The van der Waals surface area contributed by atoms with Crippen LogP contribution < -0.4 is 0 Å². The Bertz CT molecular complexity index is 1090. The molecule has 4 aliphatic rings. The number of nitrogens with zero attached hydrogens (tertiary/aromatic N) is 3. The number of rotatable bonds is 7. The van der Waals surface area contributed by atoms with Crippen LogP contribution in [0, 0.1) is 11.6 Å². The van der Waals surface area contributed by atoms with Gasteiger partial charge in [-0.15, -0.1) is 0 Å². The fourth-order valence-corrected chi connectivity index (χ4v) is 8.56. The van der Waals surface area contributed by atoms with E-state index in [-0.39, 0.29) is 29.6 Å². The van der Waals surface area contributed by atoms with E-state index >= 15 is 0 Å². The van der Waals surface area contributed by atoms with Crippen molar-refractivity contribution in [2.24, 2.45) is 0 Å². The summed E-state index contributed by atoms with van der Waals surface area (Å²) in [5.41, 5.74) is -0.905. The van der Waals surface area contributed by atoms with Gasteiger partial charge in [0.2, 0.25) is 10.0 Å². The summed E-state index contributed by atoms with van der Waals surface area (Å²) >= 11 is 0. The number of aliphatic hydroxyl groups excluding tert-OH is 1. The molecule has 0 aromatic heterocycles. The third kappa shape index (κ3) is 4.52. The first-order chi connectivity index (χ1) is 17.2. The highest BCUT2D eigenvalue weighted by Crippen LogP contribution is 2.50. The molecule has 1 saturated carbocycles. The maximum Gasteiger partial charge on any atom is 0.410 e. The molecule has 3 aliphatic heterocycles. The molecular formula is C25H35F2N3O5S. The fourth-order valence-electron chi connectivity index (χ4n) is 6.54. The zero-order valence-corrected chi connectivity index (χ0v) is 21.4. The van der Waals surface area contributed by atoms with Crippen LogP contribution in [0.1, 0.15) is 58.3 Å². The second-order valence-corrected chi connectivity index (χ2v) is 12.4. The van der Waals surface area contributed by atoms with Gasteiger partial charge in [0, 0.05) is 37.8 Å². The summed E-state index contributed by atoms with van der Waals surface area (Å²) in [6.07, 6.45) is 5.24. The van der Waals surface area contributed by atoms with Crippen molar-refractivity contribution in [1.82, 2.24) is 14.1 Å². The number of piperidine rings is 1. The number of amides is 1. The number of carbonyl (C=O) groups is 1. The summed E-state index contributed by atoms with van der Waals surface area (Å²) < 4.78 is 62.5. The van der Waals surface area contributed by atoms with E-state index in [2.05, 4.69) is 4.90 Å². The minimum atomic E-state index is -4.15. The molecule has 4 atom stereocenters. The Kier molecular flexibility index (Phi) is 7.03. The number of hydrogen-bond acceptors (Lipinski definition) is 6. The van der Waals surface area contributed by atoms with Crippen molar-refractivity contribution >= 4 is 16.1 Å². The molecule has 1 N–H and O–H groups in total. The van der Waals surface area contributed by atoms with Gasteiger partial charge in [0.05, 0.1) is 17.5 Å². The van der Waals surface area contributed by atoms with Crippen LogP contribution in [0.3, 0.4) is 0 Å². The molecule has 2 unspecified atom stereocenters. The summed E-state index contributed by atoms with van der Waals surface area (Å²) in [6, 6.07) is 2.20. The second-order valence-electron chi connectivity index (χ2n) is 10.6. The summed E-state index contributed by atoms with van der Waals surface area (Å²) in [5, 5.41) is 9.37. The molecule has 36 heavy (non-hydrogen) atoms. The predicted molar refractivity (Wildman–Crippen MR) is 128 cm³/mol. The van der Waals surface area contributed by atoms with Crippen LogP contribution in [-0.4, -0.2) is 89.7 Å². The van der Waals surface area contributed by atoms with Crippen molar-refractivity contribution in [2.75, 3.05) is 26.2 Å². The van der Waals surface area contributed by atoms with E-state index < -0.39 is 39.4 Å². The SMILES string of the molecule is CC[C@@H]1CCC[C@H](C2(OC(=O)N3CC4CCC(C3)N4CCO)CC2)N1S(=O)(=O)c1ccc(F)c(F)c1. The van der Waals surface area contributed by atoms with Gasteiger partial charge in [-0.2, -0.15) is 4.31 Å². The minimum Gasteiger partial charge on any atom is -0.441 e. The van der Waals surface area contributed by atoms with Gasteiger partial charge in [0.15, 0.2) is 11.6 Å². The Morgan fingerprint density at radius 1 is 1.11 bits per heavy atom. The maximum absolute atomic E-state index is 14.0. The van der Waals surface area contributed by atoms with Gasteiger partial charge in [-0.05, 0) is 63.1 Å². The molecule has 3 saturated heterocycles. The van der Waals surface area contributed by atoms with E-state index in [4.69, 9.17) is 4.74 Å². The molecule has 0 radical (unpaired) electrons. The molecule has 8 nitrogen and oxygen atoms in total. The van der Waals surface area contributed by atoms with Crippen molar-refractivity contribution in [3.05, 3.63) is 29.8 Å². The Labute approximate surface area is 211 Å². The van der Waals surface area contributed by atoms with Crippen LogP contribution >= 0.6 is 0 Å². The number of halogens is 2. The Hall–Kier alpha value is -1.82. The van der Waals surface area contributed by atoms with Crippen LogP contribution in [0.5, 0.6) is 0 Å². The number of ether oxygens (including phenoxy) is 1. The predicted octanol–water partition coefficient (Wildman–Crippen LogP) is 3.10. The van der Waals surface area contributed by atoms with Crippen molar-refractivity contribution in [3.8, 4) is 0 Å². The lowest BCUT2D eigenvalue weighted by Gasteiger charge is -2.45. The largest absolute Gasteiger partial charge is 0.441 e. The molecule has 11 heteroatoms. The van der Waals surface area contributed by atoms with Crippen molar-refractivity contribution in [3.63, 3.8) is 0 Å². The smallest absolute Gasteiger partial charge is 0.410 e. The van der Waals surface area contributed by atoms with E-state index in [9.17, 15) is 27.1 Å². The third-order valence-corrected chi connectivity index (χ3v) is 10.5. The van der Waals surface area contributed by atoms with Gasteiger partial charge >= 0.3 is 6.09 Å². The first-order valence-electron chi connectivity index (χ1n) is 13.0. The Balaban J connectivity index is 1.37. The summed E-state index contributed by atoms with van der Waals surface area (Å²) in [7, 11) is -4.15. The van der Waals surface area contributed by atoms with Gasteiger partial charge in [-0.25, -0.2) is 22.0 Å². The average Bonchev–Trinajstić information content (AvgIpc) is 3.60. The highest BCUT2D eigenvalue weighted by atomic mass is 32.2. The lowest BCUT2D eigenvalue weighted by molar-refractivity contribution is -0.0221. The molecule has 1 aromatic carbocycles. The lowest BCUT2D eigenvalue weighted by atomic mass is 9.92. The first kappa shape index (κ1) is 25.8. The van der Waals surface area contributed by atoms with Crippen molar-refractivity contribution < 1.29 is 31.8 Å². The van der Waals surface area contributed by atoms with E-state index in [0.29, 0.717) is 51.7 Å². The summed E-state index contributed by atoms with van der Waals surface area (Å²) in [6.45, 7) is 3.66. The second kappa shape index (κ2) is 9.81. The number of sulfonamides is 1. The molecule has 5 rings (SSSR count). The van der Waals surface area contributed by atoms with Gasteiger partial charge < -0.3 is 14.7 Å². The van der Waals surface area contributed by atoms with E-state index in [0.717, 1.165) is 37.5 Å². The monoisotopic (exact) mass is 527 g/mol. The zero-order valence-electron chi connectivity index (χ0n) is 20.6. The van der Waals surface area contributed by atoms with Gasteiger partial charge in [-0.1, -0.05) is 13.3 Å². The third-order valence-electron chi connectivity index (χ3n) is 8.51. The Morgan fingerprint density at radius 3 is 2.39 bits per heavy atom. The van der Waals surface area contributed by atoms with Crippen LogP contribution in [0.2, 0.25) is 0 Å². The number of carbonyl (C=O) groups excluding carboxylic acids is 1. The lowest BCUT2D eigenvalue weighted by Crippen LogP contribution is -2.59. The van der Waals surface area contributed by atoms with Crippen LogP contribution in [0.15, 0.2) is 23.1 Å². The number of likely N-dealkylation sites (tertiary alicyclic amines) is 1. The molecule has 4 fully saturated rings. The molecule has 1 aromatic rings. The summed E-state index contributed by atoms with van der Waals surface area (Å²) in [4.78, 5) is 17.0. The van der Waals surface area contributed by atoms with Gasteiger partial charge in [0.1, 0.15) is 5.60 Å². The molecule has 200 valence electrons. The van der Waals surface area contributed by atoms with Gasteiger partial charge in [0.25, 0.3) is 0 Å². The standard InChI is InChI=1S/C25H35F2N3O5S/c1-2-17-4-3-5-23(30(17)36(33,34)20-8-9-21(26)22(27)14-20)25(10-11-25)35-24(32)28-15-18-6-7-19(16-28)29(18)12-13-31/h8-9,14,17-19,23,31H,2-7,10-13,15-16H2,1H3/t17-,18?,19?,23-/m1/s1. The Morgan fingerprint density at radius 2 is 1.81 bits per heavy atom. The zero-order chi connectivity index (χ0) is 25.7. The molecule has 0 spiro atoms. The van der Waals surface area contributed by atoms with Crippen molar-refractivity contribution in [2.45, 2.75) is 93.0 Å². The minimum absolute atomic E-state index is 0.0864. The topological polar surface area (TPSA) is 90.4 Å². The molecule has 1 aliphatic carbocycles. The number of piperazine rings is 1. The number of aliphatic hydroxyl groups is 1. The fraction of sp³-hybridized carbons (Fsp3) is 0.720. The first-order valence-corrected chi connectivity index (χ1v) is 14.5. The van der Waals surface area contributed by atoms with Gasteiger partial charge in [-0.3, -0.25) is 4.90 Å². The van der Waals surface area contributed by atoms with Crippen LogP contribution in [0.25, 0.3) is 0 Å². The van der Waals surface area contributed by atoms with E-state index in [1.807, 2.05) is 6.92 Å². The van der Waals surface area contributed by atoms with Crippen LogP contribution in [0.4, 0.5) is 13.6 Å². The average molecular weight is 528 g/mol. The van der Waals surface area contributed by atoms with E-state index in [1.54, 1.807) is 4.90 Å². The quantitative estimate of drug-likeness (QED) is 0.586. The molecular weight excluding hydrogens is 492 g/mol. The van der Waals surface area contributed by atoms with Crippen molar-refractivity contribution in [1.29, 1.82) is 0 Å². The van der Waals surface area contributed by atoms with Crippen LogP contribution in [-0.2, 0) is 14.8 Å². The normalized spacial score (nSPS) is 30.4. The maximum atomic E-state index is 14.0. The summed E-state index contributed by atoms with van der Waals surface area (Å²) in [5.74, 6) is -2.31. The highest BCUT2D eigenvalue weighted by molar-refractivity contribution is 7.89. The molecule has 3 heterocycles. The number of fused-ring (bicyclic) bond motifs is 2. The molecule has 1 amide bonds. The number of benzene rings is 1. The number of hydrogen-bond donors (Lipinski definition) is 1.